The van der Waals surface area contributed by atoms with Gasteiger partial charge in [-0.2, -0.15) is 0 Å². The Balaban J connectivity index is 1.44. The highest BCUT2D eigenvalue weighted by atomic mass is 16.3. The summed E-state index contributed by atoms with van der Waals surface area (Å²) in [5, 5.41) is 14.2. The highest BCUT2D eigenvalue weighted by Gasteiger charge is 2.57. The number of carbonyl (C=O) groups excluding carboxylic acids is 2. The summed E-state index contributed by atoms with van der Waals surface area (Å²) in [6, 6.07) is 28.9. The van der Waals surface area contributed by atoms with E-state index in [-0.39, 0.29) is 5.78 Å². The van der Waals surface area contributed by atoms with Gasteiger partial charge in [0.25, 0.3) is 5.91 Å². The number of nitrogens with zero attached hydrogens (tertiary/aromatic N) is 1. The Labute approximate surface area is 192 Å². The number of amides is 1. The minimum atomic E-state index is -1.87. The van der Waals surface area contributed by atoms with Gasteiger partial charge in [-0.05, 0) is 40.8 Å². The summed E-state index contributed by atoms with van der Waals surface area (Å²) in [6.07, 6.45) is 1.10. The standard InChI is InChI=1S/C29H23NO3/c31-27-23-13-4-2-9-20(23)16-17-25(27)29(33)24-14-5-6-15-26(24)30(28(29)32)18-21-11-7-10-19-8-1-3-12-22(19)21/h1-15,25,33H,16-18H2/t25-,29-/m1/s1. The van der Waals surface area contributed by atoms with Crippen LogP contribution in [-0.2, 0) is 23.4 Å². The molecule has 4 nitrogen and oxygen atoms in total. The number of hydrogen-bond acceptors (Lipinski definition) is 3. The van der Waals surface area contributed by atoms with Crippen molar-refractivity contribution in [2.75, 3.05) is 4.90 Å². The van der Waals surface area contributed by atoms with Crippen LogP contribution in [0.5, 0.6) is 0 Å². The molecule has 1 amide bonds. The lowest BCUT2D eigenvalue weighted by Crippen LogP contribution is -2.49. The van der Waals surface area contributed by atoms with Crippen molar-refractivity contribution in [3.05, 3.63) is 113 Å². The smallest absolute Gasteiger partial charge is 0.264 e. The van der Waals surface area contributed by atoms with Gasteiger partial charge in [0.05, 0.1) is 18.2 Å². The van der Waals surface area contributed by atoms with Crippen LogP contribution in [0.15, 0.2) is 91.0 Å². The van der Waals surface area contributed by atoms with Crippen LogP contribution in [0.1, 0.15) is 33.5 Å². The Kier molecular flexibility index (Phi) is 4.46. The molecule has 0 saturated carbocycles. The molecule has 6 rings (SSSR count). The average Bonchev–Trinajstić information content (AvgIpc) is 3.07. The van der Waals surface area contributed by atoms with Gasteiger partial charge in [0, 0.05) is 11.1 Å². The molecule has 1 N–H and O–H groups in total. The highest BCUT2D eigenvalue weighted by Crippen LogP contribution is 2.48. The Morgan fingerprint density at radius 1 is 0.848 bits per heavy atom. The van der Waals surface area contributed by atoms with Crippen molar-refractivity contribution in [1.82, 2.24) is 0 Å². The number of para-hydroxylation sites is 1. The number of Topliss-reactive ketones (excluding diaryl/α,β-unsaturated/α-hetero) is 1. The van der Waals surface area contributed by atoms with Crippen LogP contribution < -0.4 is 4.90 Å². The monoisotopic (exact) mass is 433 g/mol. The van der Waals surface area contributed by atoms with Gasteiger partial charge < -0.3 is 10.0 Å². The summed E-state index contributed by atoms with van der Waals surface area (Å²) in [6.45, 7) is 0.330. The quantitative estimate of drug-likeness (QED) is 0.494. The van der Waals surface area contributed by atoms with E-state index in [0.29, 0.717) is 36.2 Å². The fourth-order valence-electron chi connectivity index (χ4n) is 5.55. The molecule has 2 aliphatic rings. The molecule has 0 aromatic heterocycles. The van der Waals surface area contributed by atoms with E-state index in [9.17, 15) is 14.7 Å². The number of hydrogen-bond donors (Lipinski definition) is 1. The summed E-state index contributed by atoms with van der Waals surface area (Å²) in [7, 11) is 0. The molecule has 1 aliphatic carbocycles. The zero-order chi connectivity index (χ0) is 22.6. The van der Waals surface area contributed by atoms with Gasteiger partial charge in [0.15, 0.2) is 11.4 Å². The zero-order valence-corrected chi connectivity index (χ0v) is 18.1. The van der Waals surface area contributed by atoms with Crippen molar-refractivity contribution in [2.45, 2.75) is 25.0 Å². The van der Waals surface area contributed by atoms with Gasteiger partial charge in [-0.3, -0.25) is 9.59 Å². The molecule has 0 bridgehead atoms. The lowest BCUT2D eigenvalue weighted by atomic mass is 9.71. The molecule has 4 aromatic carbocycles. The second kappa shape index (κ2) is 7.39. The second-order valence-electron chi connectivity index (χ2n) is 8.93. The third-order valence-corrected chi connectivity index (χ3v) is 7.19. The minimum absolute atomic E-state index is 0.158. The molecular formula is C29H23NO3. The molecular weight excluding hydrogens is 410 g/mol. The lowest BCUT2D eigenvalue weighted by Gasteiger charge is -2.34. The van der Waals surface area contributed by atoms with Crippen LogP contribution in [0.2, 0.25) is 0 Å². The first kappa shape index (κ1) is 19.9. The number of fused-ring (bicyclic) bond motifs is 3. The lowest BCUT2D eigenvalue weighted by molar-refractivity contribution is -0.140. The summed E-state index contributed by atoms with van der Waals surface area (Å²) in [5.41, 5.74) is 1.92. The first-order valence-electron chi connectivity index (χ1n) is 11.3. The van der Waals surface area contributed by atoms with E-state index in [1.54, 1.807) is 17.0 Å². The zero-order valence-electron chi connectivity index (χ0n) is 18.1. The van der Waals surface area contributed by atoms with E-state index in [2.05, 4.69) is 0 Å². The molecule has 0 saturated heterocycles. The number of aryl methyl sites for hydroxylation is 1. The van der Waals surface area contributed by atoms with Crippen molar-refractivity contribution in [3.8, 4) is 0 Å². The first-order valence-corrected chi connectivity index (χ1v) is 11.3. The van der Waals surface area contributed by atoms with Gasteiger partial charge in [-0.15, -0.1) is 0 Å². The van der Waals surface area contributed by atoms with E-state index in [1.165, 1.54) is 0 Å². The van der Waals surface area contributed by atoms with Gasteiger partial charge in [0.2, 0.25) is 0 Å². The van der Waals surface area contributed by atoms with Crippen molar-refractivity contribution < 1.29 is 14.7 Å². The molecule has 0 fully saturated rings. The third kappa shape index (κ3) is 2.87. The molecule has 0 radical (unpaired) electrons. The van der Waals surface area contributed by atoms with E-state index in [4.69, 9.17) is 0 Å². The maximum atomic E-state index is 13.9. The topological polar surface area (TPSA) is 57.6 Å². The molecule has 0 unspecified atom stereocenters. The maximum absolute atomic E-state index is 13.9. The largest absolute Gasteiger partial charge is 0.375 e. The summed E-state index contributed by atoms with van der Waals surface area (Å²) >= 11 is 0. The summed E-state index contributed by atoms with van der Waals surface area (Å²) in [4.78, 5) is 29.0. The molecule has 33 heavy (non-hydrogen) atoms. The van der Waals surface area contributed by atoms with Gasteiger partial charge in [-0.1, -0.05) is 84.9 Å². The number of carbonyl (C=O) groups is 2. The molecule has 1 heterocycles. The van der Waals surface area contributed by atoms with Gasteiger partial charge in [0.1, 0.15) is 0 Å². The molecule has 4 aromatic rings. The van der Waals surface area contributed by atoms with Gasteiger partial charge in [-0.25, -0.2) is 0 Å². The predicted octanol–water partition coefficient (Wildman–Crippen LogP) is 5.02. The first-order chi connectivity index (χ1) is 16.1. The third-order valence-electron chi connectivity index (χ3n) is 7.19. The highest BCUT2D eigenvalue weighted by molar-refractivity contribution is 6.12. The Bertz CT molecular complexity index is 1420. The summed E-state index contributed by atoms with van der Waals surface area (Å²) in [5.74, 6) is -1.39. The van der Waals surface area contributed by atoms with Crippen LogP contribution >= 0.6 is 0 Å². The molecule has 4 heteroatoms. The number of anilines is 1. The second-order valence-corrected chi connectivity index (χ2v) is 8.93. The number of ketones is 1. The average molecular weight is 434 g/mol. The van der Waals surface area contributed by atoms with E-state index >= 15 is 0 Å². The minimum Gasteiger partial charge on any atom is -0.375 e. The van der Waals surface area contributed by atoms with Crippen LogP contribution in [0.4, 0.5) is 5.69 Å². The van der Waals surface area contributed by atoms with Gasteiger partial charge >= 0.3 is 0 Å². The van der Waals surface area contributed by atoms with Crippen molar-refractivity contribution >= 4 is 28.2 Å². The van der Waals surface area contributed by atoms with Crippen LogP contribution in [-0.4, -0.2) is 16.8 Å². The van der Waals surface area contributed by atoms with Crippen LogP contribution in [0.3, 0.4) is 0 Å². The Morgan fingerprint density at radius 2 is 1.58 bits per heavy atom. The Morgan fingerprint density at radius 3 is 2.48 bits per heavy atom. The fourth-order valence-corrected chi connectivity index (χ4v) is 5.55. The van der Waals surface area contributed by atoms with E-state index in [1.807, 2.05) is 78.9 Å². The molecule has 2 atom stereocenters. The maximum Gasteiger partial charge on any atom is 0.264 e. The van der Waals surface area contributed by atoms with Crippen molar-refractivity contribution in [3.63, 3.8) is 0 Å². The van der Waals surface area contributed by atoms with E-state index in [0.717, 1.165) is 21.9 Å². The fraction of sp³-hybridized carbons (Fsp3) is 0.172. The molecule has 1 aliphatic heterocycles. The summed E-state index contributed by atoms with van der Waals surface area (Å²) < 4.78 is 0. The van der Waals surface area contributed by atoms with Crippen LogP contribution in [0.25, 0.3) is 10.8 Å². The SMILES string of the molecule is O=C1c2ccccc2CC[C@H]1[C@@]1(O)C(=O)N(Cc2cccc3ccccc23)c2ccccc21. The number of benzene rings is 4. The van der Waals surface area contributed by atoms with Crippen molar-refractivity contribution in [2.24, 2.45) is 5.92 Å². The number of aliphatic hydroxyl groups is 1. The predicted molar refractivity (Wildman–Crippen MR) is 128 cm³/mol. The number of rotatable bonds is 3. The molecule has 0 spiro atoms. The molecule has 162 valence electrons. The normalized spacial score (nSPS) is 21.8. The Hall–Kier alpha value is -3.76. The van der Waals surface area contributed by atoms with E-state index < -0.39 is 17.4 Å². The van der Waals surface area contributed by atoms with Crippen LogP contribution in [0, 0.1) is 5.92 Å². The van der Waals surface area contributed by atoms with Crippen molar-refractivity contribution in [1.29, 1.82) is 0 Å².